The maximum Gasteiger partial charge on any atom is 0.277 e. The van der Waals surface area contributed by atoms with Gasteiger partial charge < -0.3 is 9.73 Å². The number of carbonyl (C=O) groups is 1. The minimum absolute atomic E-state index is 0.0297. The second-order valence-corrected chi connectivity index (χ2v) is 7.27. The molecule has 124 valence electrons. The Balaban J connectivity index is 1.90. The van der Waals surface area contributed by atoms with Crippen LogP contribution in [0.25, 0.3) is 0 Å². The largest absolute Gasteiger partial charge is 0.416 e. The number of nitrogens with zero attached hydrogens (tertiary/aromatic N) is 2. The molecule has 1 amide bonds. The molecule has 0 aliphatic rings. The highest BCUT2D eigenvalue weighted by Gasteiger charge is 2.13. The first-order chi connectivity index (χ1) is 10.8. The van der Waals surface area contributed by atoms with Crippen LogP contribution in [0.15, 0.2) is 38.8 Å². The van der Waals surface area contributed by atoms with Gasteiger partial charge in [-0.3, -0.25) is 4.79 Å². The molecule has 0 saturated heterocycles. The van der Waals surface area contributed by atoms with Crippen molar-refractivity contribution in [3.05, 3.63) is 35.7 Å². The van der Waals surface area contributed by atoms with Gasteiger partial charge in [-0.2, -0.15) is 0 Å². The van der Waals surface area contributed by atoms with Crippen LogP contribution in [0.4, 0.5) is 0 Å². The normalized spacial score (nSPS) is 12.8. The summed E-state index contributed by atoms with van der Waals surface area (Å²) in [4.78, 5) is 11.9. The number of hydrogen-bond donors (Lipinski definition) is 2. The van der Waals surface area contributed by atoms with E-state index in [0.717, 1.165) is 17.3 Å². The Bertz CT molecular complexity index is 787. The van der Waals surface area contributed by atoms with Gasteiger partial charge in [-0.15, -0.1) is 10.2 Å². The molecule has 1 heterocycles. The number of sulfonamides is 1. The fourth-order valence-electron chi connectivity index (χ4n) is 1.78. The highest BCUT2D eigenvalue weighted by Crippen LogP contribution is 2.18. The third-order valence-electron chi connectivity index (χ3n) is 2.92. The number of nitrogens with one attached hydrogen (secondary N) is 1. The highest BCUT2D eigenvalue weighted by molar-refractivity contribution is 7.99. The Kier molecular flexibility index (Phi) is 5.39. The molecular weight excluding hydrogens is 340 g/mol. The van der Waals surface area contributed by atoms with Gasteiger partial charge in [-0.1, -0.05) is 23.9 Å². The topological polar surface area (TPSA) is 128 Å². The van der Waals surface area contributed by atoms with Crippen LogP contribution in [-0.2, 0) is 14.8 Å². The zero-order chi connectivity index (χ0) is 17.0. The van der Waals surface area contributed by atoms with Crippen LogP contribution in [0.5, 0.6) is 0 Å². The fourth-order valence-corrected chi connectivity index (χ4v) is 2.91. The first-order valence-electron chi connectivity index (χ1n) is 6.61. The Hall–Kier alpha value is -1.91. The van der Waals surface area contributed by atoms with Crippen LogP contribution >= 0.6 is 11.8 Å². The van der Waals surface area contributed by atoms with Crippen molar-refractivity contribution >= 4 is 27.7 Å². The van der Waals surface area contributed by atoms with Crippen molar-refractivity contribution in [1.82, 2.24) is 15.5 Å². The lowest BCUT2D eigenvalue weighted by molar-refractivity contribution is -0.119. The Morgan fingerprint density at radius 2 is 2.00 bits per heavy atom. The number of carbonyl (C=O) groups excluding carboxylic acids is 1. The molecule has 0 fully saturated rings. The summed E-state index contributed by atoms with van der Waals surface area (Å²) in [6, 6.07) is 5.76. The van der Waals surface area contributed by atoms with Crippen LogP contribution in [0, 0.1) is 6.92 Å². The quantitative estimate of drug-likeness (QED) is 0.739. The molecule has 1 aromatic heterocycles. The SMILES string of the molecule is Cc1nnc(SCC(=O)N[C@@H](C)c2ccc(S(N)(=O)=O)cc2)o1. The molecular formula is C13H16N4O4S2. The van der Waals surface area contributed by atoms with Crippen molar-refractivity contribution in [3.8, 4) is 0 Å². The van der Waals surface area contributed by atoms with E-state index in [0.29, 0.717) is 11.1 Å². The number of aromatic nitrogens is 2. The molecule has 0 saturated carbocycles. The second kappa shape index (κ2) is 7.11. The number of nitrogens with two attached hydrogens (primary N) is 1. The Morgan fingerprint density at radius 3 is 2.52 bits per heavy atom. The molecule has 0 radical (unpaired) electrons. The van der Waals surface area contributed by atoms with Gasteiger partial charge >= 0.3 is 0 Å². The summed E-state index contributed by atoms with van der Waals surface area (Å²) < 4.78 is 27.6. The van der Waals surface area contributed by atoms with Crippen molar-refractivity contribution in [2.45, 2.75) is 30.0 Å². The molecule has 8 nitrogen and oxygen atoms in total. The monoisotopic (exact) mass is 356 g/mol. The molecule has 0 aliphatic heterocycles. The van der Waals surface area contributed by atoms with E-state index in [9.17, 15) is 13.2 Å². The zero-order valence-corrected chi connectivity index (χ0v) is 14.1. The summed E-state index contributed by atoms with van der Waals surface area (Å²) in [6.45, 7) is 3.47. The molecule has 0 bridgehead atoms. The molecule has 1 atom stereocenters. The maximum absolute atomic E-state index is 11.9. The number of hydrogen-bond acceptors (Lipinski definition) is 7. The van der Waals surface area contributed by atoms with Crippen LogP contribution in [0.2, 0.25) is 0 Å². The minimum Gasteiger partial charge on any atom is -0.416 e. The predicted molar refractivity (Wildman–Crippen MR) is 84.1 cm³/mol. The van der Waals surface area contributed by atoms with Crippen molar-refractivity contribution < 1.29 is 17.6 Å². The Morgan fingerprint density at radius 1 is 1.35 bits per heavy atom. The number of primary sulfonamides is 1. The predicted octanol–water partition coefficient (Wildman–Crippen LogP) is 0.995. The molecule has 10 heteroatoms. The number of rotatable bonds is 6. The number of aryl methyl sites for hydroxylation is 1. The smallest absolute Gasteiger partial charge is 0.277 e. The lowest BCUT2D eigenvalue weighted by Crippen LogP contribution is -2.28. The van der Waals surface area contributed by atoms with Crippen molar-refractivity contribution in [1.29, 1.82) is 0 Å². The van der Waals surface area contributed by atoms with Crippen LogP contribution in [-0.4, -0.2) is 30.3 Å². The van der Waals surface area contributed by atoms with Crippen LogP contribution in [0.3, 0.4) is 0 Å². The van der Waals surface area contributed by atoms with Gasteiger partial charge in [0.25, 0.3) is 5.22 Å². The lowest BCUT2D eigenvalue weighted by Gasteiger charge is -2.14. The fraction of sp³-hybridized carbons (Fsp3) is 0.308. The second-order valence-electron chi connectivity index (χ2n) is 4.78. The van der Waals surface area contributed by atoms with E-state index >= 15 is 0 Å². The summed E-state index contributed by atoms with van der Waals surface area (Å²) in [7, 11) is -3.72. The van der Waals surface area contributed by atoms with E-state index in [4.69, 9.17) is 9.56 Å². The lowest BCUT2D eigenvalue weighted by atomic mass is 10.1. The van der Waals surface area contributed by atoms with Crippen molar-refractivity contribution in [2.75, 3.05) is 5.75 Å². The molecule has 0 spiro atoms. The van der Waals surface area contributed by atoms with Gasteiger partial charge in [-0.05, 0) is 24.6 Å². The summed E-state index contributed by atoms with van der Waals surface area (Å²) in [5.74, 6) is 0.381. The number of thioether (sulfide) groups is 1. The van der Waals surface area contributed by atoms with Gasteiger partial charge in [-0.25, -0.2) is 13.6 Å². The zero-order valence-electron chi connectivity index (χ0n) is 12.5. The third-order valence-corrected chi connectivity index (χ3v) is 4.67. The van der Waals surface area contributed by atoms with Crippen LogP contribution in [0.1, 0.15) is 24.4 Å². The van der Waals surface area contributed by atoms with E-state index in [1.54, 1.807) is 26.0 Å². The van der Waals surface area contributed by atoms with E-state index < -0.39 is 10.0 Å². The molecule has 1 aromatic carbocycles. The summed E-state index contributed by atoms with van der Waals surface area (Å²) in [5, 5.41) is 15.6. The molecule has 2 rings (SSSR count). The van der Waals surface area contributed by atoms with E-state index in [2.05, 4.69) is 15.5 Å². The number of benzene rings is 1. The Labute approximate surface area is 137 Å². The molecule has 0 unspecified atom stereocenters. The minimum atomic E-state index is -3.72. The van der Waals surface area contributed by atoms with Crippen molar-refractivity contribution in [3.63, 3.8) is 0 Å². The summed E-state index contributed by atoms with van der Waals surface area (Å²) >= 11 is 1.14. The van der Waals surface area contributed by atoms with Gasteiger partial charge in [0.1, 0.15) is 0 Å². The summed E-state index contributed by atoms with van der Waals surface area (Å²) in [5.41, 5.74) is 0.768. The third kappa shape index (κ3) is 5.05. The standard InChI is InChI=1S/C13H16N4O4S2/c1-8(10-3-5-11(6-4-10)23(14,19)20)15-12(18)7-22-13-17-16-9(2)21-13/h3-6,8H,7H2,1-2H3,(H,15,18)(H2,14,19,20)/t8-/m0/s1. The van der Waals surface area contributed by atoms with Gasteiger partial charge in [0.2, 0.25) is 21.8 Å². The average molecular weight is 356 g/mol. The van der Waals surface area contributed by atoms with Crippen molar-refractivity contribution in [2.24, 2.45) is 5.14 Å². The van der Waals surface area contributed by atoms with E-state index in [1.165, 1.54) is 12.1 Å². The highest BCUT2D eigenvalue weighted by atomic mass is 32.2. The van der Waals surface area contributed by atoms with Crippen LogP contribution < -0.4 is 10.5 Å². The number of amides is 1. The first kappa shape index (κ1) is 17.4. The van der Waals surface area contributed by atoms with Gasteiger partial charge in [0, 0.05) is 6.92 Å². The van der Waals surface area contributed by atoms with E-state index in [1.807, 2.05) is 0 Å². The van der Waals surface area contributed by atoms with Gasteiger partial charge in [0.15, 0.2) is 0 Å². The maximum atomic E-state index is 11.9. The average Bonchev–Trinajstić information content (AvgIpc) is 2.90. The first-order valence-corrected chi connectivity index (χ1v) is 9.14. The summed E-state index contributed by atoms with van der Waals surface area (Å²) in [6.07, 6.45) is 0. The molecule has 3 N–H and O–H groups in total. The molecule has 23 heavy (non-hydrogen) atoms. The van der Waals surface area contributed by atoms with E-state index in [-0.39, 0.29) is 22.6 Å². The molecule has 0 aliphatic carbocycles. The van der Waals surface area contributed by atoms with Gasteiger partial charge in [0.05, 0.1) is 16.7 Å². The molecule has 2 aromatic rings.